The topological polar surface area (TPSA) is 72.6 Å². The molecule has 0 bridgehead atoms. The van der Waals surface area contributed by atoms with Crippen molar-refractivity contribution in [1.82, 2.24) is 0 Å². The van der Waals surface area contributed by atoms with Gasteiger partial charge in [-0.3, -0.25) is 4.74 Å². The molecule has 2 unspecified atom stereocenters. The molecular formula is C15H19N2O4+. The predicted molar refractivity (Wildman–Crippen MR) is 77.1 cm³/mol. The Morgan fingerprint density at radius 2 is 2.24 bits per heavy atom. The van der Waals surface area contributed by atoms with Crippen molar-refractivity contribution in [2.45, 2.75) is 19.8 Å². The van der Waals surface area contributed by atoms with Crippen molar-refractivity contribution < 1.29 is 24.3 Å². The van der Waals surface area contributed by atoms with Gasteiger partial charge in [-0.05, 0) is 32.1 Å². The lowest BCUT2D eigenvalue weighted by molar-refractivity contribution is -0.877. The minimum Gasteiger partial charge on any atom is -0.463 e. The molecule has 0 saturated carbocycles. The van der Waals surface area contributed by atoms with Crippen LogP contribution in [0.5, 0.6) is 0 Å². The van der Waals surface area contributed by atoms with E-state index in [0.29, 0.717) is 29.5 Å². The number of rotatable bonds is 5. The van der Waals surface area contributed by atoms with Crippen LogP contribution >= 0.6 is 0 Å². The van der Waals surface area contributed by atoms with E-state index in [1.54, 1.807) is 32.2 Å². The van der Waals surface area contributed by atoms with Gasteiger partial charge in [0.15, 0.2) is 0 Å². The first kappa shape index (κ1) is 15.4. The van der Waals surface area contributed by atoms with Crippen LogP contribution in [-0.2, 0) is 14.3 Å². The first-order valence-electron chi connectivity index (χ1n) is 6.84. The number of nitrogens with zero attached hydrogens (tertiary/aromatic N) is 1. The highest BCUT2D eigenvalue weighted by Crippen LogP contribution is 2.18. The number of esters is 1. The Kier molecular flexibility index (Phi) is 4.85. The number of fused-ring (bicyclic) bond motifs is 1. The average molecular weight is 291 g/mol. The monoisotopic (exact) mass is 291 g/mol. The van der Waals surface area contributed by atoms with E-state index >= 15 is 0 Å². The summed E-state index contributed by atoms with van der Waals surface area (Å²) < 4.78 is 10.4. The fourth-order valence-corrected chi connectivity index (χ4v) is 2.13. The molecule has 6 heteroatoms. The number of aliphatic imine (C=N–C) groups is 1. The molecule has 21 heavy (non-hydrogen) atoms. The number of ether oxygens (including phenoxy) is 2. The molecule has 0 saturated heterocycles. The molecule has 0 aromatic rings. The fourth-order valence-electron chi connectivity index (χ4n) is 2.13. The molecule has 2 aliphatic heterocycles. The highest BCUT2D eigenvalue weighted by atomic mass is 16.6. The minimum absolute atomic E-state index is 0.297. The van der Waals surface area contributed by atoms with E-state index < -0.39 is 11.9 Å². The standard InChI is InChI=1S/C15H18N2O4/c1-3-20-14(18)9-8-12-11-16-13-7-5-6-10-17(13)15(12,19)21-4-2/h5-11,19H,3-4H2,1-2H3/p+1/b9-8+. The fraction of sp³-hybridized carbons (Fsp3) is 0.333. The van der Waals surface area contributed by atoms with Gasteiger partial charge in [-0.2, -0.15) is 0 Å². The minimum atomic E-state index is -1.61. The Hall–Kier alpha value is -2.02. The molecule has 2 N–H and O–H groups in total. The Morgan fingerprint density at radius 1 is 1.43 bits per heavy atom. The van der Waals surface area contributed by atoms with E-state index in [1.807, 2.05) is 6.08 Å². The van der Waals surface area contributed by atoms with Crippen molar-refractivity contribution in [1.29, 1.82) is 0 Å². The number of hydrogen-bond donors (Lipinski definition) is 2. The van der Waals surface area contributed by atoms with Crippen LogP contribution in [0.2, 0.25) is 0 Å². The number of carbonyl (C=O) groups is 1. The zero-order valence-corrected chi connectivity index (χ0v) is 12.1. The Balaban J connectivity index is 2.31. The molecule has 0 radical (unpaired) electrons. The van der Waals surface area contributed by atoms with Crippen LogP contribution in [0.15, 0.2) is 53.3 Å². The van der Waals surface area contributed by atoms with E-state index in [4.69, 9.17) is 9.47 Å². The molecule has 2 heterocycles. The second kappa shape index (κ2) is 6.62. The van der Waals surface area contributed by atoms with Crippen molar-refractivity contribution in [2.24, 2.45) is 4.99 Å². The van der Waals surface area contributed by atoms with Crippen LogP contribution < -0.4 is 4.90 Å². The SMILES string of the molecule is CCOC(=O)/C=C/C1=CN=C2C=CC=C[NH+]2C1(O)OCC. The second-order valence-electron chi connectivity index (χ2n) is 4.39. The molecule has 0 amide bonds. The van der Waals surface area contributed by atoms with E-state index in [2.05, 4.69) is 4.99 Å². The molecule has 2 aliphatic rings. The summed E-state index contributed by atoms with van der Waals surface area (Å²) in [6, 6.07) is 0. The zero-order chi connectivity index (χ0) is 15.3. The van der Waals surface area contributed by atoms with E-state index in [9.17, 15) is 9.90 Å². The van der Waals surface area contributed by atoms with Gasteiger partial charge in [0.05, 0.1) is 18.8 Å². The predicted octanol–water partition coefficient (Wildman–Crippen LogP) is 0.0527. The quantitative estimate of drug-likeness (QED) is 0.426. The largest absolute Gasteiger partial charge is 0.463 e. The summed E-state index contributed by atoms with van der Waals surface area (Å²) in [5, 5.41) is 10.9. The number of hydrogen-bond acceptors (Lipinski definition) is 5. The first-order valence-corrected chi connectivity index (χ1v) is 6.84. The Bertz CT molecular complexity index is 560. The molecule has 0 fully saturated rings. The summed E-state index contributed by atoms with van der Waals surface area (Å²) in [6.45, 7) is 4.13. The molecule has 2 atom stereocenters. The van der Waals surface area contributed by atoms with Crippen LogP contribution in [0.3, 0.4) is 0 Å². The van der Waals surface area contributed by atoms with Crippen molar-refractivity contribution in [2.75, 3.05) is 13.2 Å². The highest BCUT2D eigenvalue weighted by molar-refractivity contribution is 5.88. The molecule has 0 aliphatic carbocycles. The van der Waals surface area contributed by atoms with Gasteiger partial charge in [-0.1, -0.05) is 0 Å². The third kappa shape index (κ3) is 3.18. The van der Waals surface area contributed by atoms with Crippen molar-refractivity contribution >= 4 is 11.8 Å². The maximum absolute atomic E-state index is 11.4. The number of nitrogens with one attached hydrogen (secondary N) is 1. The van der Waals surface area contributed by atoms with Gasteiger partial charge in [-0.25, -0.2) is 14.7 Å². The maximum Gasteiger partial charge on any atom is 0.355 e. The van der Waals surface area contributed by atoms with Crippen molar-refractivity contribution in [3.8, 4) is 0 Å². The number of aliphatic hydroxyl groups is 1. The number of carbonyl (C=O) groups excluding carboxylic acids is 1. The Labute approximate surface area is 123 Å². The van der Waals surface area contributed by atoms with Crippen LogP contribution in [0, 0.1) is 0 Å². The lowest BCUT2D eigenvalue weighted by Crippen LogP contribution is -3.20. The van der Waals surface area contributed by atoms with Gasteiger partial charge in [0.25, 0.3) is 0 Å². The maximum atomic E-state index is 11.4. The van der Waals surface area contributed by atoms with Gasteiger partial charge in [0.1, 0.15) is 6.20 Å². The number of amidine groups is 1. The van der Waals surface area contributed by atoms with E-state index in [1.165, 1.54) is 18.4 Å². The summed E-state index contributed by atoms with van der Waals surface area (Å²) in [5.74, 6) is -1.45. The Morgan fingerprint density at radius 3 is 2.95 bits per heavy atom. The third-order valence-electron chi connectivity index (χ3n) is 3.04. The highest BCUT2D eigenvalue weighted by Gasteiger charge is 2.47. The summed E-state index contributed by atoms with van der Waals surface area (Å²) in [7, 11) is 0. The zero-order valence-electron chi connectivity index (χ0n) is 12.1. The van der Waals surface area contributed by atoms with E-state index in [-0.39, 0.29) is 0 Å². The lowest BCUT2D eigenvalue weighted by atomic mass is 10.1. The lowest BCUT2D eigenvalue weighted by Gasteiger charge is -2.35. The van der Waals surface area contributed by atoms with Crippen molar-refractivity contribution in [3.63, 3.8) is 0 Å². The van der Waals surface area contributed by atoms with Gasteiger partial charge >= 0.3 is 11.9 Å². The van der Waals surface area contributed by atoms with Crippen LogP contribution in [0.25, 0.3) is 0 Å². The molecular weight excluding hydrogens is 272 g/mol. The normalized spacial score (nSPS) is 27.3. The molecule has 6 nitrogen and oxygen atoms in total. The first-order chi connectivity index (χ1) is 10.1. The van der Waals surface area contributed by atoms with Gasteiger partial charge in [0.2, 0.25) is 5.84 Å². The van der Waals surface area contributed by atoms with Crippen molar-refractivity contribution in [3.05, 3.63) is 48.4 Å². The number of quaternary nitrogens is 1. The molecule has 112 valence electrons. The smallest absolute Gasteiger partial charge is 0.355 e. The summed E-state index contributed by atoms with van der Waals surface area (Å²) in [4.78, 5) is 16.2. The summed E-state index contributed by atoms with van der Waals surface area (Å²) >= 11 is 0. The van der Waals surface area contributed by atoms with Crippen LogP contribution in [0.1, 0.15) is 13.8 Å². The van der Waals surface area contributed by atoms with Gasteiger partial charge < -0.3 is 9.84 Å². The molecule has 0 spiro atoms. The van der Waals surface area contributed by atoms with Crippen LogP contribution in [-0.4, -0.2) is 36.0 Å². The number of allylic oxidation sites excluding steroid dienone is 2. The molecule has 0 aromatic carbocycles. The molecule has 2 rings (SSSR count). The summed E-state index contributed by atoms with van der Waals surface area (Å²) in [5.41, 5.74) is 0.385. The molecule has 0 aromatic heterocycles. The second-order valence-corrected chi connectivity index (χ2v) is 4.39. The third-order valence-corrected chi connectivity index (χ3v) is 3.04. The van der Waals surface area contributed by atoms with Gasteiger partial charge in [0, 0.05) is 18.4 Å². The van der Waals surface area contributed by atoms with E-state index in [0.717, 1.165) is 0 Å². The summed E-state index contributed by atoms with van der Waals surface area (Å²) in [6.07, 6.45) is 11.4. The average Bonchev–Trinajstić information content (AvgIpc) is 2.47. The van der Waals surface area contributed by atoms with Crippen LogP contribution in [0.4, 0.5) is 0 Å². The van der Waals surface area contributed by atoms with Gasteiger partial charge in [-0.15, -0.1) is 0 Å².